The molecule has 2 rings (SSSR count). The molecule has 2 N–H and O–H groups in total. The topological polar surface area (TPSA) is 80.5 Å². The molecule has 1 aliphatic heterocycles. The van der Waals surface area contributed by atoms with Gasteiger partial charge in [-0.1, -0.05) is 23.6 Å². The second-order valence-corrected chi connectivity index (χ2v) is 7.53. The van der Waals surface area contributed by atoms with E-state index in [2.05, 4.69) is 5.92 Å². The minimum Gasteiger partial charge on any atom is -0.398 e. The van der Waals surface area contributed by atoms with Gasteiger partial charge in [0, 0.05) is 11.7 Å². The number of hydrogen-bond donors (Lipinski definition) is 1. The van der Waals surface area contributed by atoms with Gasteiger partial charge in [0.25, 0.3) is 5.91 Å². The van der Waals surface area contributed by atoms with E-state index in [4.69, 9.17) is 23.8 Å². The van der Waals surface area contributed by atoms with Crippen molar-refractivity contribution < 1.29 is 13.2 Å². The van der Waals surface area contributed by atoms with Gasteiger partial charge in [0.1, 0.15) is 0 Å². The zero-order chi connectivity index (χ0) is 15.6. The number of carbonyl (C=O) groups is 1. The Morgan fingerprint density at radius 2 is 2.24 bits per heavy atom. The van der Waals surface area contributed by atoms with Gasteiger partial charge in [-0.2, -0.15) is 0 Å². The molecule has 1 fully saturated rings. The summed E-state index contributed by atoms with van der Waals surface area (Å²) in [5, 5.41) is 0.225. The number of benzene rings is 1. The molecule has 1 saturated heterocycles. The number of nitrogen functional groups attached to an aromatic ring is 1. The standard InChI is InChI=1S/C14H15ClN2O3S/c1-2-7-17(10-6-8-21(19,20)9-10)14(18)13-11(15)4-3-5-12(13)16/h1,3-5,10H,6-9,16H2. The van der Waals surface area contributed by atoms with E-state index in [-0.39, 0.29) is 34.3 Å². The van der Waals surface area contributed by atoms with Gasteiger partial charge in [-0.05, 0) is 18.6 Å². The summed E-state index contributed by atoms with van der Waals surface area (Å²) in [6.07, 6.45) is 5.67. The van der Waals surface area contributed by atoms with Crippen molar-refractivity contribution in [2.45, 2.75) is 12.5 Å². The van der Waals surface area contributed by atoms with Gasteiger partial charge in [0.05, 0.1) is 28.6 Å². The Balaban J connectivity index is 2.35. The average Bonchev–Trinajstić information content (AvgIpc) is 2.75. The Kier molecular flexibility index (Phi) is 4.45. The Morgan fingerprint density at radius 3 is 2.76 bits per heavy atom. The van der Waals surface area contributed by atoms with Gasteiger partial charge < -0.3 is 10.6 Å². The zero-order valence-corrected chi connectivity index (χ0v) is 12.8. The average molecular weight is 327 g/mol. The van der Waals surface area contributed by atoms with Crippen LogP contribution in [0.2, 0.25) is 5.02 Å². The molecule has 0 spiro atoms. The van der Waals surface area contributed by atoms with Gasteiger partial charge in [-0.25, -0.2) is 8.42 Å². The first-order valence-electron chi connectivity index (χ1n) is 6.34. The molecule has 0 radical (unpaired) electrons. The van der Waals surface area contributed by atoms with Crippen molar-refractivity contribution in [3.63, 3.8) is 0 Å². The predicted octanol–water partition coefficient (Wildman–Crippen LogP) is 1.18. The number of amides is 1. The molecule has 1 aliphatic rings. The Hall–Kier alpha value is -1.71. The van der Waals surface area contributed by atoms with Crippen molar-refractivity contribution >= 4 is 33.0 Å². The maximum atomic E-state index is 12.6. The van der Waals surface area contributed by atoms with E-state index in [0.717, 1.165) is 0 Å². The van der Waals surface area contributed by atoms with E-state index in [9.17, 15) is 13.2 Å². The van der Waals surface area contributed by atoms with Crippen LogP contribution < -0.4 is 5.73 Å². The summed E-state index contributed by atoms with van der Waals surface area (Å²) in [6.45, 7) is 0.0175. The summed E-state index contributed by atoms with van der Waals surface area (Å²) >= 11 is 6.03. The maximum Gasteiger partial charge on any atom is 0.258 e. The largest absolute Gasteiger partial charge is 0.398 e. The number of nitrogens with two attached hydrogens (primary N) is 1. The Morgan fingerprint density at radius 1 is 1.52 bits per heavy atom. The normalized spacial score (nSPS) is 19.9. The Labute approximate surface area is 129 Å². The second-order valence-electron chi connectivity index (χ2n) is 4.90. The van der Waals surface area contributed by atoms with E-state index in [1.165, 1.54) is 4.90 Å². The van der Waals surface area contributed by atoms with Crippen molar-refractivity contribution in [1.82, 2.24) is 4.90 Å². The number of sulfone groups is 1. The number of rotatable bonds is 3. The van der Waals surface area contributed by atoms with Crippen LogP contribution in [0.15, 0.2) is 18.2 Å². The molecule has 112 valence electrons. The van der Waals surface area contributed by atoms with Crippen LogP contribution >= 0.6 is 11.6 Å². The maximum absolute atomic E-state index is 12.6. The van der Waals surface area contributed by atoms with Crippen LogP contribution in [0.4, 0.5) is 5.69 Å². The van der Waals surface area contributed by atoms with Gasteiger partial charge >= 0.3 is 0 Å². The third-order valence-electron chi connectivity index (χ3n) is 3.43. The zero-order valence-electron chi connectivity index (χ0n) is 11.3. The number of halogens is 1. The molecule has 0 bridgehead atoms. The minimum absolute atomic E-state index is 0.0175. The summed E-state index contributed by atoms with van der Waals surface area (Å²) in [6, 6.07) is 4.33. The third kappa shape index (κ3) is 3.31. The smallest absolute Gasteiger partial charge is 0.258 e. The summed E-state index contributed by atoms with van der Waals surface area (Å²) in [7, 11) is -3.12. The first-order valence-corrected chi connectivity index (χ1v) is 8.54. The minimum atomic E-state index is -3.12. The lowest BCUT2D eigenvalue weighted by atomic mass is 10.1. The molecular formula is C14H15ClN2O3S. The van der Waals surface area contributed by atoms with Crippen molar-refractivity contribution in [3.05, 3.63) is 28.8 Å². The fraction of sp³-hybridized carbons (Fsp3) is 0.357. The molecule has 0 saturated carbocycles. The molecule has 0 aliphatic carbocycles. The first kappa shape index (κ1) is 15.7. The number of hydrogen-bond acceptors (Lipinski definition) is 4. The lowest BCUT2D eigenvalue weighted by molar-refractivity contribution is 0.0725. The molecule has 1 amide bonds. The fourth-order valence-corrected chi connectivity index (χ4v) is 4.39. The van der Waals surface area contributed by atoms with Crippen molar-refractivity contribution in [2.75, 3.05) is 23.8 Å². The SMILES string of the molecule is C#CCN(C(=O)c1c(N)cccc1Cl)C1CCS(=O)(=O)C1. The van der Waals surface area contributed by atoms with Crippen LogP contribution in [0.1, 0.15) is 16.8 Å². The van der Waals surface area contributed by atoms with Crippen molar-refractivity contribution in [2.24, 2.45) is 0 Å². The van der Waals surface area contributed by atoms with Gasteiger partial charge in [-0.3, -0.25) is 4.79 Å². The molecule has 1 aromatic carbocycles. The molecule has 1 heterocycles. The lowest BCUT2D eigenvalue weighted by Gasteiger charge is -2.27. The van der Waals surface area contributed by atoms with E-state index in [1.54, 1.807) is 18.2 Å². The molecule has 1 unspecified atom stereocenters. The molecule has 1 atom stereocenters. The monoisotopic (exact) mass is 326 g/mol. The molecule has 1 aromatic rings. The summed E-state index contributed by atoms with van der Waals surface area (Å²) in [5.41, 5.74) is 6.22. The van der Waals surface area contributed by atoms with E-state index in [1.807, 2.05) is 0 Å². The highest BCUT2D eigenvalue weighted by atomic mass is 35.5. The van der Waals surface area contributed by atoms with E-state index < -0.39 is 21.8 Å². The molecule has 0 aromatic heterocycles. The molecule has 21 heavy (non-hydrogen) atoms. The van der Waals surface area contributed by atoms with Crippen LogP contribution in [0.25, 0.3) is 0 Å². The number of anilines is 1. The van der Waals surface area contributed by atoms with Gasteiger partial charge in [0.15, 0.2) is 9.84 Å². The highest BCUT2D eigenvalue weighted by molar-refractivity contribution is 7.91. The highest BCUT2D eigenvalue weighted by Gasteiger charge is 2.35. The van der Waals surface area contributed by atoms with Crippen LogP contribution in [0.3, 0.4) is 0 Å². The van der Waals surface area contributed by atoms with E-state index >= 15 is 0 Å². The molecule has 5 nitrogen and oxygen atoms in total. The molecule has 7 heteroatoms. The van der Waals surface area contributed by atoms with Crippen LogP contribution in [-0.4, -0.2) is 43.3 Å². The van der Waals surface area contributed by atoms with Crippen LogP contribution in [-0.2, 0) is 9.84 Å². The van der Waals surface area contributed by atoms with Crippen LogP contribution in [0, 0.1) is 12.3 Å². The fourth-order valence-electron chi connectivity index (χ4n) is 2.40. The van der Waals surface area contributed by atoms with Gasteiger partial charge in [0.2, 0.25) is 0 Å². The van der Waals surface area contributed by atoms with E-state index in [0.29, 0.717) is 6.42 Å². The number of terminal acetylenes is 1. The predicted molar refractivity (Wildman–Crippen MR) is 82.8 cm³/mol. The summed E-state index contributed by atoms with van der Waals surface area (Å²) in [4.78, 5) is 14.0. The highest BCUT2D eigenvalue weighted by Crippen LogP contribution is 2.26. The molecular weight excluding hydrogens is 312 g/mol. The second kappa shape index (κ2) is 5.96. The first-order chi connectivity index (χ1) is 9.85. The summed E-state index contributed by atoms with van der Waals surface area (Å²) in [5.74, 6) is 1.94. The number of nitrogens with zero attached hydrogens (tertiary/aromatic N) is 1. The Bertz CT molecular complexity index is 689. The van der Waals surface area contributed by atoms with Gasteiger partial charge in [-0.15, -0.1) is 6.42 Å². The third-order valence-corrected chi connectivity index (χ3v) is 5.50. The van der Waals surface area contributed by atoms with Crippen molar-refractivity contribution in [3.8, 4) is 12.3 Å². The number of carbonyl (C=O) groups excluding carboxylic acids is 1. The van der Waals surface area contributed by atoms with Crippen molar-refractivity contribution in [1.29, 1.82) is 0 Å². The quantitative estimate of drug-likeness (QED) is 0.668. The summed E-state index contributed by atoms with van der Waals surface area (Å²) < 4.78 is 23.2. The van der Waals surface area contributed by atoms with Crippen LogP contribution in [0.5, 0.6) is 0 Å². The lowest BCUT2D eigenvalue weighted by Crippen LogP contribution is -2.41.